The lowest BCUT2D eigenvalue weighted by Gasteiger charge is -2.32. The molecular weight excluding hydrogens is 260 g/mol. The van der Waals surface area contributed by atoms with E-state index in [0.29, 0.717) is 0 Å². The van der Waals surface area contributed by atoms with Gasteiger partial charge < -0.3 is 5.11 Å². The van der Waals surface area contributed by atoms with Crippen LogP contribution in [0.5, 0.6) is 0 Å². The van der Waals surface area contributed by atoms with Gasteiger partial charge in [-0.15, -0.1) is 0 Å². The highest BCUT2D eigenvalue weighted by molar-refractivity contribution is 5.72. The largest absolute Gasteiger partial charge is 0.481 e. The number of carbonyl (C=O) groups is 1. The summed E-state index contributed by atoms with van der Waals surface area (Å²) in [5.74, 6) is -0.983. The zero-order chi connectivity index (χ0) is 15.7. The van der Waals surface area contributed by atoms with Crippen LogP contribution in [0, 0.1) is 5.92 Å². The van der Waals surface area contributed by atoms with Gasteiger partial charge in [-0.2, -0.15) is 0 Å². The van der Waals surface area contributed by atoms with Gasteiger partial charge in [-0.3, -0.25) is 4.79 Å². The molecule has 0 aliphatic heterocycles. The van der Waals surface area contributed by atoms with Gasteiger partial charge in [-0.25, -0.2) is 0 Å². The lowest BCUT2D eigenvalue weighted by atomic mass is 9.71. The quantitative estimate of drug-likeness (QED) is 0.584. The second kappa shape index (κ2) is 8.86. The highest BCUT2D eigenvalue weighted by Gasteiger charge is 2.35. The fraction of sp³-hybridized carbons (Fsp3) is 0.632. The normalized spacial score (nSPS) is 13.1. The van der Waals surface area contributed by atoms with Crippen LogP contribution >= 0.6 is 0 Å². The summed E-state index contributed by atoms with van der Waals surface area (Å²) >= 11 is 0. The third-order valence-corrected chi connectivity index (χ3v) is 4.53. The average Bonchev–Trinajstić information content (AvgIpc) is 2.46. The minimum atomic E-state index is -0.669. The molecule has 0 heterocycles. The van der Waals surface area contributed by atoms with Crippen LogP contribution in [-0.2, 0) is 10.2 Å². The molecule has 118 valence electrons. The maximum atomic E-state index is 11.7. The molecule has 0 fully saturated rings. The van der Waals surface area contributed by atoms with Gasteiger partial charge in [0, 0.05) is 5.41 Å². The van der Waals surface area contributed by atoms with E-state index in [4.69, 9.17) is 0 Å². The minimum Gasteiger partial charge on any atom is -0.481 e. The van der Waals surface area contributed by atoms with Crippen molar-refractivity contribution in [1.29, 1.82) is 0 Å². The van der Waals surface area contributed by atoms with Gasteiger partial charge in [0.25, 0.3) is 0 Å². The highest BCUT2D eigenvalue weighted by atomic mass is 16.4. The molecule has 0 bridgehead atoms. The summed E-state index contributed by atoms with van der Waals surface area (Å²) in [6.07, 6.45) is 7.97. The van der Waals surface area contributed by atoms with Crippen LogP contribution in [-0.4, -0.2) is 11.1 Å². The topological polar surface area (TPSA) is 37.3 Å². The Kier molecular flexibility index (Phi) is 7.49. The maximum Gasteiger partial charge on any atom is 0.307 e. The first-order valence-corrected chi connectivity index (χ1v) is 8.28. The first kappa shape index (κ1) is 17.7. The molecule has 0 spiro atoms. The Morgan fingerprint density at radius 1 is 1.05 bits per heavy atom. The van der Waals surface area contributed by atoms with Crippen LogP contribution in [0.4, 0.5) is 0 Å². The van der Waals surface area contributed by atoms with E-state index in [1.807, 2.05) is 30.3 Å². The van der Waals surface area contributed by atoms with E-state index in [1.54, 1.807) is 0 Å². The number of unbranched alkanes of at least 4 members (excludes halogenated alkanes) is 5. The molecule has 0 aliphatic rings. The third kappa shape index (κ3) is 5.53. The highest BCUT2D eigenvalue weighted by Crippen LogP contribution is 2.35. The molecule has 1 aromatic carbocycles. The van der Waals surface area contributed by atoms with Gasteiger partial charge in [0.1, 0.15) is 0 Å². The van der Waals surface area contributed by atoms with E-state index < -0.39 is 5.97 Å². The molecular formula is C19H30O2. The second-order valence-electron chi connectivity index (χ2n) is 6.53. The van der Waals surface area contributed by atoms with Crippen molar-refractivity contribution in [2.75, 3.05) is 0 Å². The van der Waals surface area contributed by atoms with E-state index in [2.05, 4.69) is 20.8 Å². The summed E-state index contributed by atoms with van der Waals surface area (Å²) in [4.78, 5) is 11.7. The number of aliphatic carboxylic acids is 1. The van der Waals surface area contributed by atoms with Gasteiger partial charge in [0.05, 0.1) is 5.92 Å². The summed E-state index contributed by atoms with van der Waals surface area (Å²) in [6, 6.07) is 10.0. The van der Waals surface area contributed by atoms with Gasteiger partial charge >= 0.3 is 5.97 Å². The SMILES string of the molecule is CCCCCCCCC(C(=O)O)C(C)(C)c1ccccc1. The van der Waals surface area contributed by atoms with Crippen LogP contribution in [0.2, 0.25) is 0 Å². The first-order valence-electron chi connectivity index (χ1n) is 8.28. The lowest BCUT2D eigenvalue weighted by Crippen LogP contribution is -2.34. The Bertz CT molecular complexity index is 409. The number of rotatable bonds is 10. The molecule has 0 amide bonds. The number of carboxylic acid groups (broad SMARTS) is 1. The summed E-state index contributed by atoms with van der Waals surface area (Å²) in [6.45, 7) is 6.32. The zero-order valence-corrected chi connectivity index (χ0v) is 13.8. The predicted octanol–water partition coefficient (Wildman–Crippen LogP) is 5.42. The Hall–Kier alpha value is -1.31. The van der Waals surface area contributed by atoms with Crippen molar-refractivity contribution in [3.63, 3.8) is 0 Å². The number of hydrogen-bond acceptors (Lipinski definition) is 1. The molecule has 2 heteroatoms. The van der Waals surface area contributed by atoms with Crippen molar-refractivity contribution in [3.05, 3.63) is 35.9 Å². The number of hydrogen-bond donors (Lipinski definition) is 1. The number of benzene rings is 1. The maximum absolute atomic E-state index is 11.7. The average molecular weight is 290 g/mol. The molecule has 1 unspecified atom stereocenters. The van der Waals surface area contributed by atoms with Crippen molar-refractivity contribution >= 4 is 5.97 Å². The van der Waals surface area contributed by atoms with Crippen molar-refractivity contribution in [2.45, 2.75) is 71.1 Å². The molecule has 0 saturated heterocycles. The van der Waals surface area contributed by atoms with Crippen LogP contribution in [0.15, 0.2) is 30.3 Å². The summed E-state index contributed by atoms with van der Waals surface area (Å²) in [5.41, 5.74) is 0.791. The molecule has 0 aromatic heterocycles. The van der Waals surface area contributed by atoms with E-state index in [1.165, 1.54) is 25.7 Å². The molecule has 1 N–H and O–H groups in total. The minimum absolute atomic E-state index is 0.314. The number of carboxylic acids is 1. The molecule has 2 nitrogen and oxygen atoms in total. The second-order valence-corrected chi connectivity index (χ2v) is 6.53. The van der Waals surface area contributed by atoms with Crippen LogP contribution in [0.3, 0.4) is 0 Å². The molecule has 1 aromatic rings. The molecule has 0 radical (unpaired) electrons. The third-order valence-electron chi connectivity index (χ3n) is 4.53. The summed E-state index contributed by atoms with van der Waals surface area (Å²) < 4.78 is 0. The van der Waals surface area contributed by atoms with Crippen molar-refractivity contribution in [3.8, 4) is 0 Å². The van der Waals surface area contributed by atoms with Crippen molar-refractivity contribution in [1.82, 2.24) is 0 Å². The van der Waals surface area contributed by atoms with Gasteiger partial charge in [-0.05, 0) is 12.0 Å². The summed E-state index contributed by atoms with van der Waals surface area (Å²) in [5, 5.41) is 9.61. The van der Waals surface area contributed by atoms with Gasteiger partial charge in [-0.1, -0.05) is 89.6 Å². The lowest BCUT2D eigenvalue weighted by molar-refractivity contribution is -0.144. The van der Waals surface area contributed by atoms with Crippen molar-refractivity contribution < 1.29 is 9.90 Å². The smallest absolute Gasteiger partial charge is 0.307 e. The molecule has 0 saturated carbocycles. The van der Waals surface area contributed by atoms with Crippen molar-refractivity contribution in [2.24, 2.45) is 5.92 Å². The van der Waals surface area contributed by atoms with Crippen LogP contribution in [0.1, 0.15) is 71.3 Å². The Labute approximate surface area is 129 Å². The fourth-order valence-electron chi connectivity index (χ4n) is 2.99. The molecule has 1 rings (SSSR count). The Balaban J connectivity index is 2.58. The Morgan fingerprint density at radius 2 is 1.62 bits per heavy atom. The fourth-order valence-corrected chi connectivity index (χ4v) is 2.99. The first-order chi connectivity index (χ1) is 10.00. The molecule has 0 aliphatic carbocycles. The van der Waals surface area contributed by atoms with E-state index in [-0.39, 0.29) is 11.3 Å². The van der Waals surface area contributed by atoms with Gasteiger partial charge in [0.15, 0.2) is 0 Å². The van der Waals surface area contributed by atoms with Gasteiger partial charge in [0.2, 0.25) is 0 Å². The monoisotopic (exact) mass is 290 g/mol. The standard InChI is InChI=1S/C19H30O2/c1-4-5-6-7-8-12-15-17(18(20)21)19(2,3)16-13-10-9-11-14-16/h9-11,13-14,17H,4-8,12,15H2,1-3H3,(H,20,21). The molecule has 21 heavy (non-hydrogen) atoms. The van der Waals surface area contributed by atoms with Crippen LogP contribution < -0.4 is 0 Å². The Morgan fingerprint density at radius 3 is 2.19 bits per heavy atom. The van der Waals surface area contributed by atoms with E-state index >= 15 is 0 Å². The predicted molar refractivity (Wildman–Crippen MR) is 88.6 cm³/mol. The van der Waals surface area contributed by atoms with Crippen LogP contribution in [0.25, 0.3) is 0 Å². The van der Waals surface area contributed by atoms with E-state index in [0.717, 1.165) is 24.8 Å². The molecule has 1 atom stereocenters. The van der Waals surface area contributed by atoms with E-state index in [9.17, 15) is 9.90 Å². The zero-order valence-electron chi connectivity index (χ0n) is 13.8. The summed E-state index contributed by atoms with van der Waals surface area (Å²) in [7, 11) is 0.